The van der Waals surface area contributed by atoms with Crippen molar-refractivity contribution < 1.29 is 37.3 Å². The lowest BCUT2D eigenvalue weighted by Gasteiger charge is -2.31. The molecule has 0 aliphatic carbocycles. The van der Waals surface area contributed by atoms with Gasteiger partial charge in [-0.2, -0.15) is 0 Å². The third kappa shape index (κ3) is 6.21. The molecule has 2 aliphatic heterocycles. The Balaban J connectivity index is 2.09. The van der Waals surface area contributed by atoms with Crippen LogP contribution in [0.2, 0.25) is 0 Å². The molecule has 2 saturated heterocycles. The number of carbonyl (C=O) groups excluding carboxylic acids is 2. The SMILES string of the molecule is CO[C@@H]1[C@@H](CS(=O)[O-])[C@H](CC=O)O[C@@H]1C[C@H]1CN(C(=O)OC(C)(C)C)C(C)(C)O1. The van der Waals surface area contributed by atoms with Gasteiger partial charge in [-0.15, -0.1) is 0 Å². The van der Waals surface area contributed by atoms with Crippen LogP contribution in [0.1, 0.15) is 47.5 Å². The first-order valence-electron chi connectivity index (χ1n) is 9.74. The molecule has 0 aromatic carbocycles. The molecular weight excluding hydrogens is 402 g/mol. The van der Waals surface area contributed by atoms with Gasteiger partial charge in [-0.25, -0.2) is 4.79 Å². The number of rotatable bonds is 7. The first kappa shape index (κ1) is 24.2. The number of hydrogen-bond donors (Lipinski definition) is 0. The van der Waals surface area contributed by atoms with Crippen LogP contribution in [0.5, 0.6) is 0 Å². The van der Waals surface area contributed by atoms with Crippen molar-refractivity contribution in [1.29, 1.82) is 0 Å². The largest absolute Gasteiger partial charge is 0.772 e. The summed E-state index contributed by atoms with van der Waals surface area (Å²) in [6.45, 7) is 9.30. The Kier molecular flexibility index (Phi) is 7.83. The molecule has 0 spiro atoms. The van der Waals surface area contributed by atoms with Crippen molar-refractivity contribution in [2.24, 2.45) is 5.92 Å². The van der Waals surface area contributed by atoms with Gasteiger partial charge in [0.1, 0.15) is 17.6 Å². The van der Waals surface area contributed by atoms with Crippen LogP contribution in [0.15, 0.2) is 0 Å². The van der Waals surface area contributed by atoms with Gasteiger partial charge in [0.25, 0.3) is 0 Å². The normalized spacial score (nSPS) is 32.9. The van der Waals surface area contributed by atoms with E-state index in [1.54, 1.807) is 34.6 Å². The standard InChI is InChI=1S/C19H33NO8S/c1-18(2,3)28-17(22)20-10-12(27-19(20,4)5)9-15-16(25-6)13(11-29(23)24)14(26-15)7-8-21/h8,12-16H,7,9-11H2,1-6H3,(H,23,24)/p-1/t12-,13-,14-,15+,16+/m0/s1. The number of methoxy groups -OCH3 is 1. The van der Waals surface area contributed by atoms with Crippen molar-refractivity contribution in [3.63, 3.8) is 0 Å². The fraction of sp³-hybridized carbons (Fsp3) is 0.895. The number of amides is 1. The molecule has 29 heavy (non-hydrogen) atoms. The second-order valence-electron chi connectivity index (χ2n) is 8.96. The highest BCUT2D eigenvalue weighted by Gasteiger charge is 2.49. The summed E-state index contributed by atoms with van der Waals surface area (Å²) < 4.78 is 45.6. The quantitative estimate of drug-likeness (QED) is 0.439. The smallest absolute Gasteiger partial charge is 0.412 e. The van der Waals surface area contributed by atoms with Crippen molar-refractivity contribution >= 4 is 23.5 Å². The molecule has 0 aromatic rings. The highest BCUT2D eigenvalue weighted by molar-refractivity contribution is 7.79. The highest BCUT2D eigenvalue weighted by atomic mass is 32.2. The number of ether oxygens (including phenoxy) is 4. The van der Waals surface area contributed by atoms with Crippen molar-refractivity contribution in [3.05, 3.63) is 0 Å². The molecule has 1 amide bonds. The van der Waals surface area contributed by atoms with Gasteiger partial charge in [-0.3, -0.25) is 9.11 Å². The maximum absolute atomic E-state index is 12.6. The van der Waals surface area contributed by atoms with Crippen LogP contribution in [0.3, 0.4) is 0 Å². The van der Waals surface area contributed by atoms with E-state index in [-0.39, 0.29) is 18.3 Å². The summed E-state index contributed by atoms with van der Waals surface area (Å²) in [4.78, 5) is 25.1. The van der Waals surface area contributed by atoms with Crippen LogP contribution in [0, 0.1) is 5.92 Å². The summed E-state index contributed by atoms with van der Waals surface area (Å²) in [6, 6.07) is 0. The maximum Gasteiger partial charge on any atom is 0.412 e. The Labute approximate surface area is 174 Å². The lowest BCUT2D eigenvalue weighted by atomic mass is 9.94. The fourth-order valence-electron chi connectivity index (χ4n) is 4.02. The molecule has 2 aliphatic rings. The number of nitrogens with zero attached hydrogens (tertiary/aromatic N) is 1. The molecule has 0 N–H and O–H groups in total. The first-order chi connectivity index (χ1) is 13.4. The van der Waals surface area contributed by atoms with E-state index in [4.69, 9.17) is 18.9 Å². The van der Waals surface area contributed by atoms with Crippen LogP contribution in [-0.2, 0) is 34.8 Å². The maximum atomic E-state index is 12.6. The summed E-state index contributed by atoms with van der Waals surface area (Å²) in [5.74, 6) is -0.584. The minimum absolute atomic E-state index is 0.0965. The number of hydrogen-bond acceptors (Lipinski definition) is 8. The second kappa shape index (κ2) is 9.38. The molecule has 2 fully saturated rings. The monoisotopic (exact) mass is 434 g/mol. The molecule has 168 valence electrons. The van der Waals surface area contributed by atoms with Gasteiger partial charge in [0.2, 0.25) is 0 Å². The summed E-state index contributed by atoms with van der Waals surface area (Å²) in [7, 11) is 1.50. The van der Waals surface area contributed by atoms with E-state index in [1.807, 2.05) is 0 Å². The molecule has 0 radical (unpaired) electrons. The number of aldehydes is 1. The Morgan fingerprint density at radius 1 is 1.34 bits per heavy atom. The van der Waals surface area contributed by atoms with Crippen LogP contribution in [-0.4, -0.2) is 81.2 Å². The Hall–Kier alpha value is -1.07. The average molecular weight is 435 g/mol. The highest BCUT2D eigenvalue weighted by Crippen LogP contribution is 2.37. The van der Waals surface area contributed by atoms with Gasteiger partial charge in [0.05, 0.1) is 31.0 Å². The molecule has 10 heteroatoms. The Morgan fingerprint density at radius 2 is 2.00 bits per heavy atom. The van der Waals surface area contributed by atoms with E-state index in [2.05, 4.69) is 0 Å². The van der Waals surface area contributed by atoms with E-state index >= 15 is 0 Å². The molecule has 9 nitrogen and oxygen atoms in total. The lowest BCUT2D eigenvalue weighted by Crippen LogP contribution is -2.46. The van der Waals surface area contributed by atoms with E-state index in [9.17, 15) is 18.4 Å². The summed E-state index contributed by atoms with van der Waals surface area (Å²) in [5.41, 5.74) is -1.48. The van der Waals surface area contributed by atoms with Gasteiger partial charge in [-0.05, 0) is 34.6 Å². The molecule has 2 rings (SSSR count). The molecule has 1 unspecified atom stereocenters. The molecule has 2 heterocycles. The first-order valence-corrected chi connectivity index (χ1v) is 11.0. The van der Waals surface area contributed by atoms with E-state index in [0.29, 0.717) is 13.0 Å². The van der Waals surface area contributed by atoms with Gasteiger partial charge in [0.15, 0.2) is 0 Å². The molecule has 6 atom stereocenters. The summed E-state index contributed by atoms with van der Waals surface area (Å²) in [6.07, 6.45) is -1.04. The lowest BCUT2D eigenvalue weighted by molar-refractivity contribution is -0.111. The van der Waals surface area contributed by atoms with E-state index in [1.165, 1.54) is 12.0 Å². The second-order valence-corrected chi connectivity index (χ2v) is 9.90. The van der Waals surface area contributed by atoms with Crippen molar-refractivity contribution in [3.8, 4) is 0 Å². The zero-order chi connectivity index (χ0) is 22.0. The van der Waals surface area contributed by atoms with E-state index in [0.717, 1.165) is 6.29 Å². The summed E-state index contributed by atoms with van der Waals surface area (Å²) >= 11 is -2.28. The van der Waals surface area contributed by atoms with E-state index < -0.39 is 52.7 Å². The zero-order valence-corrected chi connectivity index (χ0v) is 18.7. The predicted molar refractivity (Wildman–Crippen MR) is 104 cm³/mol. The molecule has 0 bridgehead atoms. The third-order valence-corrected chi connectivity index (χ3v) is 5.80. The summed E-state index contributed by atoms with van der Waals surface area (Å²) in [5, 5.41) is 0. The van der Waals surface area contributed by atoms with Crippen LogP contribution < -0.4 is 0 Å². The van der Waals surface area contributed by atoms with Crippen molar-refractivity contribution in [2.75, 3.05) is 19.4 Å². The molecule has 0 aromatic heterocycles. The minimum atomic E-state index is -2.28. The van der Waals surface area contributed by atoms with Crippen LogP contribution in [0.25, 0.3) is 0 Å². The Morgan fingerprint density at radius 3 is 2.52 bits per heavy atom. The van der Waals surface area contributed by atoms with Crippen molar-refractivity contribution in [2.45, 2.75) is 83.2 Å². The van der Waals surface area contributed by atoms with Crippen LogP contribution >= 0.6 is 0 Å². The third-order valence-electron chi connectivity index (χ3n) is 5.15. The van der Waals surface area contributed by atoms with Gasteiger partial charge in [0, 0.05) is 31.6 Å². The molecular formula is C19H32NO8S-. The van der Waals surface area contributed by atoms with Crippen LogP contribution in [0.4, 0.5) is 4.79 Å². The topological polar surface area (TPSA) is 114 Å². The average Bonchev–Trinajstić information content (AvgIpc) is 3.02. The van der Waals surface area contributed by atoms with Gasteiger partial charge in [-0.1, -0.05) is 11.1 Å². The minimum Gasteiger partial charge on any atom is -0.772 e. The predicted octanol–water partition coefficient (Wildman–Crippen LogP) is 1.62. The number of carbonyl (C=O) groups is 2. The Bertz CT molecular complexity index is 620. The van der Waals surface area contributed by atoms with Crippen molar-refractivity contribution in [1.82, 2.24) is 4.90 Å². The van der Waals surface area contributed by atoms with Gasteiger partial charge < -0.3 is 28.3 Å². The van der Waals surface area contributed by atoms with Gasteiger partial charge >= 0.3 is 6.09 Å². The molecule has 0 saturated carbocycles. The fourth-order valence-corrected chi connectivity index (χ4v) is 4.73. The zero-order valence-electron chi connectivity index (χ0n) is 17.9.